The van der Waals surface area contributed by atoms with Crippen LogP contribution in [0.1, 0.15) is 44.3 Å². The van der Waals surface area contributed by atoms with Gasteiger partial charge in [-0.2, -0.15) is 0 Å². The molecular weight excluding hydrogens is 196 g/mol. The SMILES string of the molecule is C[n+]1cc[nH]c1C12CC3CC(CC(C3)C1)C2. The first kappa shape index (κ1) is 9.26. The topological polar surface area (TPSA) is 19.7 Å². The zero-order valence-electron chi connectivity index (χ0n) is 10.1. The minimum Gasteiger partial charge on any atom is -0.247 e. The Balaban J connectivity index is 1.79. The van der Waals surface area contributed by atoms with Crippen LogP contribution in [0.3, 0.4) is 0 Å². The monoisotopic (exact) mass is 217 g/mol. The lowest BCUT2D eigenvalue weighted by atomic mass is 9.49. The molecule has 86 valence electrons. The molecule has 0 radical (unpaired) electrons. The number of aryl methyl sites for hydroxylation is 1. The maximum atomic E-state index is 3.53. The number of H-pyrrole nitrogens is 1. The maximum Gasteiger partial charge on any atom is 0.260 e. The lowest BCUT2D eigenvalue weighted by molar-refractivity contribution is -0.682. The minimum atomic E-state index is 0.521. The molecule has 4 aliphatic carbocycles. The van der Waals surface area contributed by atoms with Crippen molar-refractivity contribution in [2.45, 2.75) is 43.9 Å². The van der Waals surface area contributed by atoms with E-state index in [-0.39, 0.29) is 0 Å². The zero-order valence-corrected chi connectivity index (χ0v) is 10.1. The molecular formula is C14H21N2+. The van der Waals surface area contributed by atoms with Crippen LogP contribution < -0.4 is 4.57 Å². The van der Waals surface area contributed by atoms with E-state index in [0.29, 0.717) is 5.41 Å². The van der Waals surface area contributed by atoms with Crippen LogP contribution in [-0.2, 0) is 12.5 Å². The maximum absolute atomic E-state index is 3.53. The van der Waals surface area contributed by atoms with Crippen molar-refractivity contribution in [3.8, 4) is 0 Å². The summed E-state index contributed by atoms with van der Waals surface area (Å²) in [7, 11) is 2.20. The van der Waals surface area contributed by atoms with Gasteiger partial charge in [0.15, 0.2) is 0 Å². The molecule has 0 atom stereocenters. The molecule has 0 amide bonds. The highest BCUT2D eigenvalue weighted by molar-refractivity contribution is 5.14. The van der Waals surface area contributed by atoms with Crippen molar-refractivity contribution in [3.05, 3.63) is 18.2 Å². The number of rotatable bonds is 1. The number of hydrogen-bond donors (Lipinski definition) is 1. The summed E-state index contributed by atoms with van der Waals surface area (Å²) in [4.78, 5) is 3.53. The largest absolute Gasteiger partial charge is 0.260 e. The van der Waals surface area contributed by atoms with Crippen LogP contribution in [0.4, 0.5) is 0 Å². The Morgan fingerprint density at radius 1 is 1.12 bits per heavy atom. The average molecular weight is 217 g/mol. The Labute approximate surface area is 97.1 Å². The summed E-state index contributed by atoms with van der Waals surface area (Å²) >= 11 is 0. The molecule has 0 unspecified atom stereocenters. The molecule has 4 aliphatic rings. The smallest absolute Gasteiger partial charge is 0.247 e. The predicted octanol–water partition coefficient (Wildman–Crippen LogP) is 2.31. The first-order valence-corrected chi connectivity index (χ1v) is 6.79. The molecule has 0 aliphatic heterocycles. The number of aromatic nitrogens is 2. The standard InChI is InChI=1S/C14H20N2/c1-16-3-2-15-13(16)14-7-10-4-11(8-14)6-12(5-10)9-14/h2-3,10-12H,4-9H2,1H3/p+1. The fourth-order valence-corrected chi connectivity index (χ4v) is 5.33. The van der Waals surface area contributed by atoms with Gasteiger partial charge in [0.1, 0.15) is 12.4 Å². The van der Waals surface area contributed by atoms with Crippen LogP contribution in [-0.4, -0.2) is 4.98 Å². The molecule has 0 saturated heterocycles. The fraction of sp³-hybridized carbons (Fsp3) is 0.786. The molecule has 1 heterocycles. The third-order valence-corrected chi connectivity index (χ3v) is 5.41. The number of imidazole rings is 1. The molecule has 2 heteroatoms. The van der Waals surface area contributed by atoms with E-state index in [0.717, 1.165) is 17.8 Å². The molecule has 16 heavy (non-hydrogen) atoms. The highest BCUT2D eigenvalue weighted by Crippen LogP contribution is 2.59. The molecule has 1 aromatic heterocycles. The van der Waals surface area contributed by atoms with Crippen molar-refractivity contribution in [3.63, 3.8) is 0 Å². The van der Waals surface area contributed by atoms with Gasteiger partial charge in [-0.1, -0.05) is 0 Å². The van der Waals surface area contributed by atoms with Crippen LogP contribution in [0.5, 0.6) is 0 Å². The van der Waals surface area contributed by atoms with Crippen molar-refractivity contribution in [2.75, 3.05) is 0 Å². The second kappa shape index (κ2) is 2.91. The summed E-state index contributed by atoms with van der Waals surface area (Å²) in [5.41, 5.74) is 0.521. The fourth-order valence-electron chi connectivity index (χ4n) is 5.33. The second-order valence-corrected chi connectivity index (χ2v) is 6.62. The highest BCUT2D eigenvalue weighted by atomic mass is 15.1. The van der Waals surface area contributed by atoms with Gasteiger partial charge in [-0.25, -0.2) is 9.55 Å². The Bertz CT molecular complexity index is 383. The number of aromatic amines is 1. The van der Waals surface area contributed by atoms with E-state index in [2.05, 4.69) is 29.0 Å². The van der Waals surface area contributed by atoms with Gasteiger partial charge < -0.3 is 0 Å². The van der Waals surface area contributed by atoms with Gasteiger partial charge in [0.2, 0.25) is 0 Å². The lowest BCUT2D eigenvalue weighted by Crippen LogP contribution is -2.53. The van der Waals surface area contributed by atoms with Gasteiger partial charge in [-0.05, 0) is 56.3 Å². The first-order valence-electron chi connectivity index (χ1n) is 6.79. The Hall–Kier alpha value is -0.790. The van der Waals surface area contributed by atoms with Crippen LogP contribution in [0.25, 0.3) is 0 Å². The predicted molar refractivity (Wildman–Crippen MR) is 61.8 cm³/mol. The average Bonchev–Trinajstić information content (AvgIpc) is 2.62. The summed E-state index contributed by atoms with van der Waals surface area (Å²) in [6.07, 6.45) is 13.2. The van der Waals surface area contributed by atoms with Crippen LogP contribution in [0, 0.1) is 17.8 Å². The summed E-state index contributed by atoms with van der Waals surface area (Å²) in [6.45, 7) is 0. The van der Waals surface area contributed by atoms with Crippen LogP contribution >= 0.6 is 0 Å². The molecule has 1 aromatic rings. The molecule has 4 saturated carbocycles. The molecule has 4 fully saturated rings. The van der Waals surface area contributed by atoms with E-state index in [1.165, 1.54) is 44.3 Å². The van der Waals surface area contributed by atoms with Gasteiger partial charge in [0.25, 0.3) is 5.82 Å². The third kappa shape index (κ3) is 1.11. The Kier molecular flexibility index (Phi) is 1.68. The molecule has 0 spiro atoms. The number of nitrogens with one attached hydrogen (secondary N) is 1. The van der Waals surface area contributed by atoms with Crippen LogP contribution in [0.15, 0.2) is 12.4 Å². The Morgan fingerprint density at radius 3 is 2.12 bits per heavy atom. The molecule has 5 rings (SSSR count). The minimum absolute atomic E-state index is 0.521. The Morgan fingerprint density at radius 2 is 1.69 bits per heavy atom. The van der Waals surface area contributed by atoms with Gasteiger partial charge in [0, 0.05) is 0 Å². The van der Waals surface area contributed by atoms with Crippen molar-refractivity contribution in [1.29, 1.82) is 0 Å². The quantitative estimate of drug-likeness (QED) is 0.697. The van der Waals surface area contributed by atoms with E-state index in [1.807, 2.05) is 0 Å². The molecule has 0 aromatic carbocycles. The van der Waals surface area contributed by atoms with E-state index in [9.17, 15) is 0 Å². The lowest BCUT2D eigenvalue weighted by Gasteiger charge is -2.54. The third-order valence-electron chi connectivity index (χ3n) is 5.41. The zero-order chi connectivity index (χ0) is 10.8. The van der Waals surface area contributed by atoms with Crippen LogP contribution in [0.2, 0.25) is 0 Å². The van der Waals surface area contributed by atoms with Gasteiger partial charge in [0.05, 0.1) is 12.5 Å². The number of nitrogens with zero attached hydrogens (tertiary/aromatic N) is 1. The molecule has 1 N–H and O–H groups in total. The summed E-state index contributed by atoms with van der Waals surface area (Å²) < 4.78 is 2.33. The summed E-state index contributed by atoms with van der Waals surface area (Å²) in [5.74, 6) is 4.62. The van der Waals surface area contributed by atoms with Gasteiger partial charge in [-0.15, -0.1) is 0 Å². The van der Waals surface area contributed by atoms with Crippen molar-refractivity contribution in [1.82, 2.24) is 4.98 Å². The second-order valence-electron chi connectivity index (χ2n) is 6.62. The van der Waals surface area contributed by atoms with E-state index >= 15 is 0 Å². The van der Waals surface area contributed by atoms with E-state index < -0.39 is 0 Å². The summed E-state index contributed by atoms with van der Waals surface area (Å²) in [5, 5.41) is 0. The normalized spacial score (nSPS) is 45.2. The first-order chi connectivity index (χ1) is 7.75. The van der Waals surface area contributed by atoms with Crippen molar-refractivity contribution >= 4 is 0 Å². The van der Waals surface area contributed by atoms with Crippen molar-refractivity contribution in [2.24, 2.45) is 24.8 Å². The number of hydrogen-bond acceptors (Lipinski definition) is 0. The highest BCUT2D eigenvalue weighted by Gasteiger charge is 2.55. The molecule has 4 bridgehead atoms. The van der Waals surface area contributed by atoms with E-state index in [1.54, 1.807) is 0 Å². The van der Waals surface area contributed by atoms with E-state index in [4.69, 9.17) is 0 Å². The van der Waals surface area contributed by atoms with Crippen molar-refractivity contribution < 1.29 is 4.57 Å². The van der Waals surface area contributed by atoms with Gasteiger partial charge >= 0.3 is 0 Å². The molecule has 2 nitrogen and oxygen atoms in total. The summed E-state index contributed by atoms with van der Waals surface area (Å²) in [6, 6.07) is 0. The van der Waals surface area contributed by atoms with Gasteiger partial charge in [-0.3, -0.25) is 0 Å².